The van der Waals surface area contributed by atoms with Crippen LogP contribution in [0.15, 0.2) is 0 Å². The van der Waals surface area contributed by atoms with E-state index in [2.05, 4.69) is 41.5 Å². The fraction of sp³-hybridized carbons (Fsp3) is 1.00. The molecule has 0 aromatic heterocycles. The van der Waals surface area contributed by atoms with Crippen molar-refractivity contribution in [3.05, 3.63) is 0 Å². The number of unbranched alkanes of at least 4 members (excludes halogenated alkanes) is 1. The Hall–Kier alpha value is 0. The molecule has 0 spiro atoms. The van der Waals surface area contributed by atoms with E-state index >= 15 is 0 Å². The Morgan fingerprint density at radius 1 is 0.839 bits per heavy atom. The molecule has 4 aliphatic rings. The van der Waals surface area contributed by atoms with Crippen LogP contribution in [0.2, 0.25) is 0 Å². The van der Waals surface area contributed by atoms with Crippen molar-refractivity contribution in [3.63, 3.8) is 0 Å². The van der Waals surface area contributed by atoms with Gasteiger partial charge in [0.1, 0.15) is 0 Å². The second-order valence-electron chi connectivity index (χ2n) is 12.4. The summed E-state index contributed by atoms with van der Waals surface area (Å²) in [6.07, 6.45) is 18.0. The van der Waals surface area contributed by atoms with Crippen molar-refractivity contribution in [3.8, 4) is 0 Å². The minimum absolute atomic E-state index is 0.632. The lowest BCUT2D eigenvalue weighted by atomic mass is 9.39. The molecule has 184 valence electrons. The molecule has 0 heterocycles. The molecule has 0 amide bonds. The van der Waals surface area contributed by atoms with Crippen molar-refractivity contribution in [2.24, 2.45) is 51.8 Å². The second-order valence-corrected chi connectivity index (χ2v) is 12.4. The smallest absolute Gasteiger partial charge is 0.0238 e. The number of rotatable bonds is 4. The molecule has 0 aromatic rings. The van der Waals surface area contributed by atoms with Crippen LogP contribution in [0.3, 0.4) is 0 Å². The van der Waals surface area contributed by atoms with Crippen LogP contribution >= 0.6 is 0 Å². The summed E-state index contributed by atoms with van der Waals surface area (Å²) in [5.74, 6) is 5.97. The van der Waals surface area contributed by atoms with Gasteiger partial charge in [-0.15, -0.1) is 0 Å². The molecular weight excluding hydrogens is 372 g/mol. The number of hydrogen-bond donors (Lipinski definition) is 0. The monoisotopic (exact) mass is 432 g/mol. The van der Waals surface area contributed by atoms with Crippen LogP contribution in [0.5, 0.6) is 0 Å². The molecule has 0 nitrogen and oxygen atoms in total. The van der Waals surface area contributed by atoms with E-state index in [4.69, 9.17) is 0 Å². The molecule has 4 saturated carbocycles. The van der Waals surface area contributed by atoms with Crippen LogP contribution in [-0.2, 0) is 0 Å². The maximum Gasteiger partial charge on any atom is -0.0238 e. The van der Waals surface area contributed by atoms with Gasteiger partial charge in [0, 0.05) is 0 Å². The van der Waals surface area contributed by atoms with Crippen molar-refractivity contribution < 1.29 is 0 Å². The maximum atomic E-state index is 2.76. The normalized spacial score (nSPS) is 46.8. The van der Waals surface area contributed by atoms with Crippen LogP contribution in [0.25, 0.3) is 0 Å². The number of hydrogen-bond acceptors (Lipinski definition) is 0. The van der Waals surface area contributed by atoms with E-state index in [0.717, 1.165) is 35.5 Å². The maximum absolute atomic E-state index is 2.76. The Balaban J connectivity index is 0.000000807. The standard InChI is InChI=1S/C27H48.2C2H6/c1-7-8-11-19(2)22-12-13-23-21-14-17-25(4)15-9-10-16-26(25,5)24(21)18-20(3)27(22,23)6;2*1-2/h19-24H,7-18H2,1-6H3;2*1-2H3/t19?,20-,21?,22?,23?,24?,25?,26?,27?;;/m0../s1. The highest BCUT2D eigenvalue weighted by atomic mass is 14.7. The van der Waals surface area contributed by atoms with Gasteiger partial charge in [0.2, 0.25) is 0 Å². The third-order valence-corrected chi connectivity index (χ3v) is 11.7. The van der Waals surface area contributed by atoms with E-state index in [1.165, 1.54) is 57.8 Å². The Morgan fingerprint density at radius 3 is 2.13 bits per heavy atom. The van der Waals surface area contributed by atoms with Gasteiger partial charge in [-0.25, -0.2) is 0 Å². The molecule has 0 saturated heterocycles. The van der Waals surface area contributed by atoms with Gasteiger partial charge in [0.25, 0.3) is 0 Å². The molecule has 0 heteroatoms. The fourth-order valence-electron chi connectivity index (χ4n) is 9.64. The Kier molecular flexibility index (Phi) is 9.62. The SMILES string of the molecule is CC.CC.CCCCC(C)C1CCC2C3CCC4(C)CCCCC4(C)C3C[C@H](C)C12C. The Labute approximate surface area is 198 Å². The molecule has 9 atom stereocenters. The molecule has 4 aliphatic carbocycles. The van der Waals surface area contributed by atoms with Crippen LogP contribution in [0, 0.1) is 51.8 Å². The molecule has 8 unspecified atom stereocenters. The molecule has 0 aromatic carbocycles. The van der Waals surface area contributed by atoms with Gasteiger partial charge < -0.3 is 0 Å². The van der Waals surface area contributed by atoms with E-state index in [9.17, 15) is 0 Å². The Bertz CT molecular complexity index is 536. The summed E-state index contributed by atoms with van der Waals surface area (Å²) in [7, 11) is 0. The minimum atomic E-state index is 0.632. The first-order valence-corrected chi connectivity index (χ1v) is 14.8. The topological polar surface area (TPSA) is 0 Å². The molecule has 0 N–H and O–H groups in total. The van der Waals surface area contributed by atoms with Crippen molar-refractivity contribution in [1.82, 2.24) is 0 Å². The summed E-state index contributed by atoms with van der Waals surface area (Å²) in [6, 6.07) is 0. The van der Waals surface area contributed by atoms with Gasteiger partial charge in [-0.2, -0.15) is 0 Å². The van der Waals surface area contributed by atoms with Crippen LogP contribution in [0.4, 0.5) is 0 Å². The summed E-state index contributed by atoms with van der Waals surface area (Å²) in [5.41, 5.74) is 1.91. The Morgan fingerprint density at radius 2 is 1.48 bits per heavy atom. The van der Waals surface area contributed by atoms with Gasteiger partial charge in [-0.3, -0.25) is 0 Å². The highest BCUT2D eigenvalue weighted by Gasteiger charge is 2.64. The predicted molar refractivity (Wildman–Crippen MR) is 140 cm³/mol. The summed E-state index contributed by atoms with van der Waals surface area (Å²) in [5, 5.41) is 0. The first-order valence-electron chi connectivity index (χ1n) is 14.8. The lowest BCUT2D eigenvalue weighted by Gasteiger charge is -2.66. The zero-order valence-corrected chi connectivity index (χ0v) is 23.4. The first kappa shape index (κ1) is 27.2. The average Bonchev–Trinajstić information content (AvgIpc) is 3.15. The van der Waals surface area contributed by atoms with Crippen LogP contribution in [0.1, 0.15) is 146 Å². The fourth-order valence-corrected chi connectivity index (χ4v) is 9.64. The van der Waals surface area contributed by atoms with Crippen LogP contribution in [-0.4, -0.2) is 0 Å². The average molecular weight is 433 g/mol. The highest BCUT2D eigenvalue weighted by Crippen LogP contribution is 2.72. The quantitative estimate of drug-likeness (QED) is 0.414. The van der Waals surface area contributed by atoms with E-state index < -0.39 is 0 Å². The molecule has 0 aliphatic heterocycles. The van der Waals surface area contributed by atoms with Crippen molar-refractivity contribution in [2.75, 3.05) is 0 Å². The van der Waals surface area contributed by atoms with Gasteiger partial charge in [0.05, 0.1) is 0 Å². The largest absolute Gasteiger partial charge is 0.0683 e. The van der Waals surface area contributed by atoms with Gasteiger partial charge in [-0.05, 0) is 96.7 Å². The zero-order chi connectivity index (χ0) is 23.4. The van der Waals surface area contributed by atoms with Gasteiger partial charge in [0.15, 0.2) is 0 Å². The van der Waals surface area contributed by atoms with Gasteiger partial charge in [-0.1, -0.05) is 101 Å². The third kappa shape index (κ3) is 4.41. The van der Waals surface area contributed by atoms with E-state index in [1.807, 2.05) is 27.7 Å². The minimum Gasteiger partial charge on any atom is -0.0683 e. The zero-order valence-electron chi connectivity index (χ0n) is 23.4. The lowest BCUT2D eigenvalue weighted by molar-refractivity contribution is -0.171. The number of fused-ring (bicyclic) bond motifs is 5. The van der Waals surface area contributed by atoms with Crippen LogP contribution < -0.4 is 0 Å². The summed E-state index contributed by atoms with van der Waals surface area (Å²) < 4.78 is 0. The molecule has 0 bridgehead atoms. The highest BCUT2D eigenvalue weighted by molar-refractivity contribution is 5.13. The summed E-state index contributed by atoms with van der Waals surface area (Å²) in [4.78, 5) is 0. The molecule has 31 heavy (non-hydrogen) atoms. The molecular formula is C31H60. The third-order valence-electron chi connectivity index (χ3n) is 11.7. The molecule has 4 fully saturated rings. The van der Waals surface area contributed by atoms with E-state index in [1.54, 1.807) is 19.3 Å². The van der Waals surface area contributed by atoms with Crippen molar-refractivity contribution in [2.45, 2.75) is 146 Å². The van der Waals surface area contributed by atoms with Gasteiger partial charge >= 0.3 is 0 Å². The van der Waals surface area contributed by atoms with E-state index in [0.29, 0.717) is 16.2 Å². The predicted octanol–water partition coefficient (Wildman–Crippen LogP) is 10.6. The molecule has 0 radical (unpaired) electrons. The van der Waals surface area contributed by atoms with Crippen molar-refractivity contribution >= 4 is 0 Å². The second kappa shape index (κ2) is 11.0. The first-order chi connectivity index (χ1) is 14.8. The molecule has 4 rings (SSSR count). The summed E-state index contributed by atoms with van der Waals surface area (Å²) >= 11 is 0. The van der Waals surface area contributed by atoms with Crippen molar-refractivity contribution in [1.29, 1.82) is 0 Å². The van der Waals surface area contributed by atoms with E-state index in [-0.39, 0.29) is 0 Å². The summed E-state index contributed by atoms with van der Waals surface area (Å²) in [6.45, 7) is 23.8. The lowest BCUT2D eigenvalue weighted by Crippen LogP contribution is -2.58.